The molecule has 5 heteroatoms. The van der Waals surface area contributed by atoms with Crippen molar-refractivity contribution in [2.45, 2.75) is 13.8 Å². The molecule has 3 aromatic rings. The smallest absolute Gasteiger partial charge is 0.363 e. The second kappa shape index (κ2) is 6.11. The number of rotatable bonds is 2. The molecular weight excluding hydrogens is 328 g/mol. The van der Waals surface area contributed by atoms with Gasteiger partial charge in [0.25, 0.3) is 0 Å². The maximum absolute atomic E-state index is 12.2. The van der Waals surface area contributed by atoms with E-state index < -0.39 is 5.97 Å². The van der Waals surface area contributed by atoms with Crippen LogP contribution >= 0.6 is 0 Å². The molecule has 1 aliphatic rings. The van der Waals surface area contributed by atoms with Crippen molar-refractivity contribution >= 4 is 34.8 Å². The molecular formula is C21H16N2O3. The number of carbonyl (C=O) groups is 2. The number of aliphatic imine (C=N–C) groups is 1. The first-order valence-electron chi connectivity index (χ1n) is 8.23. The standard InChI is InChI=1S/C21H16N2O3/c1-13-6-5-7-15(10-13)20-22-18(21(25)26-20)11-16-12-23(14(2)24)19-9-4-3-8-17(16)19/h3-12H,1-2H3/b18-11-. The Kier molecular flexibility index (Phi) is 3.77. The summed E-state index contributed by atoms with van der Waals surface area (Å²) < 4.78 is 6.89. The number of ether oxygens (including phenoxy) is 1. The summed E-state index contributed by atoms with van der Waals surface area (Å²) in [6.07, 6.45) is 3.38. The van der Waals surface area contributed by atoms with Crippen LogP contribution in [-0.2, 0) is 9.53 Å². The van der Waals surface area contributed by atoms with Crippen LogP contribution in [0.25, 0.3) is 17.0 Å². The predicted octanol–water partition coefficient (Wildman–Crippen LogP) is 3.95. The average molecular weight is 344 g/mol. The highest BCUT2D eigenvalue weighted by atomic mass is 16.6. The highest BCUT2D eigenvalue weighted by Gasteiger charge is 2.24. The Balaban J connectivity index is 1.80. The van der Waals surface area contributed by atoms with E-state index in [9.17, 15) is 9.59 Å². The molecule has 4 rings (SSSR count). The van der Waals surface area contributed by atoms with Crippen LogP contribution < -0.4 is 0 Å². The van der Waals surface area contributed by atoms with Gasteiger partial charge in [-0.2, -0.15) is 0 Å². The summed E-state index contributed by atoms with van der Waals surface area (Å²) in [5, 5.41) is 0.877. The molecule has 0 unspecified atom stereocenters. The number of aryl methyl sites for hydroxylation is 1. The van der Waals surface area contributed by atoms with Gasteiger partial charge in [-0.25, -0.2) is 9.79 Å². The van der Waals surface area contributed by atoms with Gasteiger partial charge in [0.1, 0.15) is 0 Å². The Morgan fingerprint density at radius 3 is 2.73 bits per heavy atom. The van der Waals surface area contributed by atoms with Gasteiger partial charge in [-0.3, -0.25) is 9.36 Å². The van der Waals surface area contributed by atoms with Crippen molar-refractivity contribution < 1.29 is 14.3 Å². The van der Waals surface area contributed by atoms with Crippen LogP contribution in [0, 0.1) is 6.92 Å². The molecule has 26 heavy (non-hydrogen) atoms. The zero-order valence-electron chi connectivity index (χ0n) is 14.4. The summed E-state index contributed by atoms with van der Waals surface area (Å²) in [5.74, 6) is -0.301. The molecule has 0 spiro atoms. The van der Waals surface area contributed by atoms with Gasteiger partial charge in [0, 0.05) is 29.6 Å². The van der Waals surface area contributed by atoms with Crippen molar-refractivity contribution in [2.24, 2.45) is 4.99 Å². The third-order valence-corrected chi connectivity index (χ3v) is 4.26. The molecule has 0 fully saturated rings. The van der Waals surface area contributed by atoms with Crippen LogP contribution in [0.3, 0.4) is 0 Å². The number of cyclic esters (lactones) is 1. The fourth-order valence-electron chi connectivity index (χ4n) is 3.04. The Morgan fingerprint density at radius 1 is 1.15 bits per heavy atom. The van der Waals surface area contributed by atoms with Crippen molar-refractivity contribution in [1.29, 1.82) is 0 Å². The summed E-state index contributed by atoms with van der Waals surface area (Å²) in [7, 11) is 0. The molecule has 0 aliphatic carbocycles. The van der Waals surface area contributed by atoms with Gasteiger partial charge in [0.2, 0.25) is 11.8 Å². The normalized spacial score (nSPS) is 15.4. The average Bonchev–Trinajstić information content (AvgIpc) is 3.17. The maximum atomic E-state index is 12.2. The number of esters is 1. The van der Waals surface area contributed by atoms with Crippen LogP contribution in [0.2, 0.25) is 0 Å². The minimum Gasteiger partial charge on any atom is -0.402 e. The first kappa shape index (κ1) is 16.0. The lowest BCUT2D eigenvalue weighted by Crippen LogP contribution is -2.05. The van der Waals surface area contributed by atoms with Gasteiger partial charge in [0.15, 0.2) is 5.70 Å². The van der Waals surface area contributed by atoms with E-state index >= 15 is 0 Å². The summed E-state index contributed by atoms with van der Waals surface area (Å²) in [5.41, 5.74) is 3.57. The van der Waals surface area contributed by atoms with E-state index in [1.807, 2.05) is 55.5 Å². The fourth-order valence-corrected chi connectivity index (χ4v) is 3.04. The summed E-state index contributed by atoms with van der Waals surface area (Å²) in [4.78, 5) is 28.5. The Hall–Kier alpha value is -3.47. The van der Waals surface area contributed by atoms with E-state index in [0.29, 0.717) is 5.90 Å². The van der Waals surface area contributed by atoms with E-state index in [1.165, 1.54) is 6.92 Å². The van der Waals surface area contributed by atoms with Crippen LogP contribution in [0.1, 0.15) is 28.4 Å². The van der Waals surface area contributed by atoms with Crippen molar-refractivity contribution in [1.82, 2.24) is 4.57 Å². The van der Waals surface area contributed by atoms with Gasteiger partial charge in [-0.05, 0) is 31.2 Å². The molecule has 0 radical (unpaired) electrons. The molecule has 0 saturated carbocycles. The van der Waals surface area contributed by atoms with E-state index in [1.54, 1.807) is 16.8 Å². The number of carbonyl (C=O) groups excluding carboxylic acids is 2. The third-order valence-electron chi connectivity index (χ3n) is 4.26. The van der Waals surface area contributed by atoms with E-state index in [2.05, 4.69) is 4.99 Å². The summed E-state index contributed by atoms with van der Waals surface area (Å²) in [6, 6.07) is 15.2. The molecule has 0 saturated heterocycles. The Morgan fingerprint density at radius 2 is 1.96 bits per heavy atom. The van der Waals surface area contributed by atoms with Crippen LogP contribution in [0.5, 0.6) is 0 Å². The zero-order chi connectivity index (χ0) is 18.3. The monoisotopic (exact) mass is 344 g/mol. The lowest BCUT2D eigenvalue weighted by Gasteiger charge is -1.99. The number of hydrogen-bond donors (Lipinski definition) is 0. The molecule has 0 amide bonds. The molecule has 0 N–H and O–H groups in total. The number of benzene rings is 2. The zero-order valence-corrected chi connectivity index (χ0v) is 14.4. The largest absolute Gasteiger partial charge is 0.402 e. The molecule has 5 nitrogen and oxygen atoms in total. The van der Waals surface area contributed by atoms with Gasteiger partial charge >= 0.3 is 5.97 Å². The summed E-state index contributed by atoms with van der Waals surface area (Å²) in [6.45, 7) is 3.47. The number of hydrogen-bond acceptors (Lipinski definition) is 4. The first-order chi connectivity index (χ1) is 12.5. The predicted molar refractivity (Wildman–Crippen MR) is 100 cm³/mol. The van der Waals surface area contributed by atoms with E-state index in [4.69, 9.17) is 4.74 Å². The van der Waals surface area contributed by atoms with Crippen molar-refractivity contribution in [3.05, 3.63) is 77.1 Å². The van der Waals surface area contributed by atoms with Crippen molar-refractivity contribution in [3.63, 3.8) is 0 Å². The second-order valence-corrected chi connectivity index (χ2v) is 6.20. The first-order valence-corrected chi connectivity index (χ1v) is 8.23. The number of para-hydroxylation sites is 1. The van der Waals surface area contributed by atoms with E-state index in [0.717, 1.165) is 27.6 Å². The molecule has 128 valence electrons. The Bertz CT molecular complexity index is 1120. The number of fused-ring (bicyclic) bond motifs is 1. The second-order valence-electron chi connectivity index (χ2n) is 6.20. The maximum Gasteiger partial charge on any atom is 0.363 e. The van der Waals surface area contributed by atoms with E-state index in [-0.39, 0.29) is 11.6 Å². The molecule has 0 atom stereocenters. The lowest BCUT2D eigenvalue weighted by atomic mass is 10.1. The van der Waals surface area contributed by atoms with Gasteiger partial charge in [-0.1, -0.05) is 35.9 Å². The SMILES string of the molecule is CC(=O)n1cc(/C=C2\N=C(c3cccc(C)c3)OC2=O)c2ccccc21. The highest BCUT2D eigenvalue weighted by molar-refractivity contribution is 6.13. The third kappa shape index (κ3) is 2.73. The quantitative estimate of drug-likeness (QED) is 0.522. The number of nitrogens with zero attached hydrogens (tertiary/aromatic N) is 2. The number of aromatic nitrogens is 1. The topological polar surface area (TPSA) is 60.7 Å². The molecule has 0 bridgehead atoms. The van der Waals surface area contributed by atoms with Gasteiger partial charge < -0.3 is 4.74 Å². The van der Waals surface area contributed by atoms with Gasteiger partial charge in [-0.15, -0.1) is 0 Å². The molecule has 2 aromatic carbocycles. The van der Waals surface area contributed by atoms with Crippen LogP contribution in [0.15, 0.2) is 65.4 Å². The van der Waals surface area contributed by atoms with Crippen molar-refractivity contribution in [2.75, 3.05) is 0 Å². The minimum absolute atomic E-state index is 0.0937. The van der Waals surface area contributed by atoms with Crippen LogP contribution in [-0.4, -0.2) is 22.3 Å². The van der Waals surface area contributed by atoms with Crippen molar-refractivity contribution in [3.8, 4) is 0 Å². The minimum atomic E-state index is -0.499. The molecule has 2 heterocycles. The molecule has 1 aromatic heterocycles. The lowest BCUT2D eigenvalue weighted by molar-refractivity contribution is -0.129. The highest BCUT2D eigenvalue weighted by Crippen LogP contribution is 2.26. The fraction of sp³-hybridized carbons (Fsp3) is 0.0952. The summed E-state index contributed by atoms with van der Waals surface area (Å²) >= 11 is 0. The van der Waals surface area contributed by atoms with Crippen LogP contribution in [0.4, 0.5) is 0 Å². The Labute approximate surface area is 150 Å². The molecule has 1 aliphatic heterocycles. The van der Waals surface area contributed by atoms with Gasteiger partial charge in [0.05, 0.1) is 5.52 Å².